The molecular weight excluding hydrogens is 222 g/mol. The number of hydrazine groups is 1. The minimum absolute atomic E-state index is 0.424. The highest BCUT2D eigenvalue weighted by atomic mass is 79.9. The molecule has 1 heterocycles. The summed E-state index contributed by atoms with van der Waals surface area (Å²) >= 11 is 3.20. The average molecular weight is 230 g/mol. The second-order valence-corrected chi connectivity index (χ2v) is 2.94. The summed E-state index contributed by atoms with van der Waals surface area (Å²) < 4.78 is 0.609. The van der Waals surface area contributed by atoms with Crippen molar-refractivity contribution in [3.8, 4) is 0 Å². The van der Waals surface area contributed by atoms with Gasteiger partial charge in [0.25, 0.3) is 0 Å². The van der Waals surface area contributed by atoms with Crippen molar-refractivity contribution in [1.29, 1.82) is 0 Å². The fourth-order valence-corrected chi connectivity index (χ4v) is 1.36. The second kappa shape index (κ2) is 3.55. The van der Waals surface area contributed by atoms with E-state index < -0.39 is 6.03 Å². The molecule has 0 atom stereocenters. The lowest BCUT2D eigenvalue weighted by Crippen LogP contribution is -2.41. The third-order valence-electron chi connectivity index (χ3n) is 1.35. The minimum Gasteiger partial charge on any atom is -0.275 e. The number of nitrogens with zero attached hydrogens (tertiary/aromatic N) is 1. The van der Waals surface area contributed by atoms with Gasteiger partial charge in [0.2, 0.25) is 0 Å². The average Bonchev–Trinajstić information content (AvgIpc) is 2.03. The summed E-state index contributed by atoms with van der Waals surface area (Å²) in [5.41, 5.74) is 2.58. The molecule has 0 saturated heterocycles. The van der Waals surface area contributed by atoms with Gasteiger partial charge in [0.1, 0.15) is 0 Å². The Kier molecular flexibility index (Phi) is 2.67. The van der Waals surface area contributed by atoms with E-state index in [4.69, 9.17) is 5.84 Å². The summed E-state index contributed by atoms with van der Waals surface area (Å²) in [6, 6.07) is -0.424. The van der Waals surface area contributed by atoms with Crippen molar-refractivity contribution in [1.82, 2.24) is 10.3 Å². The van der Waals surface area contributed by atoms with E-state index in [1.54, 1.807) is 18.2 Å². The van der Waals surface area contributed by atoms with E-state index in [-0.39, 0.29) is 0 Å². The summed E-state index contributed by atoms with van der Waals surface area (Å²) in [5.74, 6) is 4.97. The molecule has 0 aliphatic carbocycles. The van der Waals surface area contributed by atoms with Crippen molar-refractivity contribution in [3.63, 3.8) is 0 Å². The maximum atomic E-state index is 11.1. The van der Waals surface area contributed by atoms with Crippen LogP contribution in [0, 0.1) is 0 Å². The number of nitrogens with one attached hydrogen (secondary N) is 1. The van der Waals surface area contributed by atoms with E-state index >= 15 is 0 Å². The predicted molar refractivity (Wildman–Crippen MR) is 49.8 cm³/mol. The molecule has 1 aliphatic rings. The zero-order valence-electron chi connectivity index (χ0n) is 6.25. The zero-order valence-corrected chi connectivity index (χ0v) is 7.84. The molecular formula is C7H8BrN3O. The topological polar surface area (TPSA) is 58.4 Å². The lowest BCUT2D eigenvalue weighted by molar-refractivity contribution is 0.224. The Morgan fingerprint density at radius 3 is 2.92 bits per heavy atom. The first-order valence-corrected chi connectivity index (χ1v) is 3.99. The van der Waals surface area contributed by atoms with Crippen LogP contribution >= 0.6 is 15.9 Å². The van der Waals surface area contributed by atoms with Gasteiger partial charge in [0.05, 0.1) is 4.61 Å². The molecule has 0 aromatic rings. The van der Waals surface area contributed by atoms with E-state index in [2.05, 4.69) is 22.5 Å². The van der Waals surface area contributed by atoms with Crippen LogP contribution in [-0.4, -0.2) is 10.9 Å². The number of carbonyl (C=O) groups excluding carboxylic acids is 1. The Morgan fingerprint density at radius 2 is 2.42 bits per heavy atom. The first-order valence-electron chi connectivity index (χ1n) is 3.20. The van der Waals surface area contributed by atoms with E-state index in [1.807, 2.05) is 5.43 Å². The van der Waals surface area contributed by atoms with Gasteiger partial charge in [0, 0.05) is 5.70 Å². The summed E-state index contributed by atoms with van der Waals surface area (Å²) in [7, 11) is 0. The molecule has 0 spiro atoms. The van der Waals surface area contributed by atoms with Crippen molar-refractivity contribution in [2.75, 3.05) is 0 Å². The van der Waals surface area contributed by atoms with Gasteiger partial charge in [-0.15, -0.1) is 0 Å². The van der Waals surface area contributed by atoms with Crippen molar-refractivity contribution >= 4 is 22.0 Å². The number of hydrogen-bond donors (Lipinski definition) is 2. The van der Waals surface area contributed by atoms with Crippen LogP contribution in [0.4, 0.5) is 4.79 Å². The Morgan fingerprint density at radius 1 is 1.75 bits per heavy atom. The van der Waals surface area contributed by atoms with Crippen molar-refractivity contribution in [2.24, 2.45) is 5.84 Å². The first kappa shape index (κ1) is 9.02. The Balaban J connectivity index is 2.89. The molecule has 0 saturated carbocycles. The number of halogens is 1. The number of hydrogen-bond acceptors (Lipinski definition) is 2. The molecule has 12 heavy (non-hydrogen) atoms. The third kappa shape index (κ3) is 1.57. The van der Waals surface area contributed by atoms with Crippen LogP contribution in [-0.2, 0) is 0 Å². The number of urea groups is 1. The fourth-order valence-electron chi connectivity index (χ4n) is 0.817. The van der Waals surface area contributed by atoms with Crippen LogP contribution in [0.15, 0.2) is 35.1 Å². The summed E-state index contributed by atoms with van der Waals surface area (Å²) in [6.07, 6.45) is 5.22. The highest BCUT2D eigenvalue weighted by Crippen LogP contribution is 2.22. The molecule has 0 unspecified atom stereocenters. The second-order valence-electron chi connectivity index (χ2n) is 2.12. The summed E-state index contributed by atoms with van der Waals surface area (Å²) in [5, 5.41) is 0. The molecule has 4 nitrogen and oxygen atoms in total. The molecule has 0 fully saturated rings. The van der Waals surface area contributed by atoms with Crippen molar-refractivity contribution in [2.45, 2.75) is 0 Å². The standard InChI is InChI=1S/C7H8BrN3O/c1-5-3-2-4-6(8)11(5)7(12)10-9/h2-4H,1,9H2,(H,10,12). The van der Waals surface area contributed by atoms with Crippen LogP contribution in [0.5, 0.6) is 0 Å². The number of nitrogens with two attached hydrogens (primary N) is 1. The van der Waals surface area contributed by atoms with Gasteiger partial charge in [-0.25, -0.2) is 10.6 Å². The molecule has 0 radical (unpaired) electrons. The predicted octanol–water partition coefficient (Wildman–Crippen LogP) is 1.19. The van der Waals surface area contributed by atoms with Gasteiger partial charge in [-0.05, 0) is 28.1 Å². The van der Waals surface area contributed by atoms with Crippen LogP contribution in [0.1, 0.15) is 0 Å². The fraction of sp³-hybridized carbons (Fsp3) is 0. The molecule has 64 valence electrons. The quantitative estimate of drug-likeness (QED) is 0.284. The molecule has 3 N–H and O–H groups in total. The Labute approximate surface area is 78.5 Å². The first-order chi connectivity index (χ1) is 5.66. The molecule has 2 amide bonds. The third-order valence-corrected chi connectivity index (χ3v) is 1.97. The Hall–Kier alpha value is -1.07. The zero-order chi connectivity index (χ0) is 9.14. The highest BCUT2D eigenvalue weighted by Gasteiger charge is 2.18. The van der Waals surface area contributed by atoms with Crippen LogP contribution < -0.4 is 11.3 Å². The molecule has 1 rings (SSSR count). The smallest absolute Gasteiger partial charge is 0.275 e. The Bertz CT molecular complexity index is 282. The number of carbonyl (C=O) groups is 1. The molecule has 0 bridgehead atoms. The lowest BCUT2D eigenvalue weighted by atomic mass is 10.3. The van der Waals surface area contributed by atoms with E-state index in [9.17, 15) is 4.79 Å². The van der Waals surface area contributed by atoms with Gasteiger partial charge < -0.3 is 0 Å². The van der Waals surface area contributed by atoms with E-state index in [0.29, 0.717) is 10.3 Å². The molecule has 5 heteroatoms. The summed E-state index contributed by atoms with van der Waals surface area (Å²) in [6.45, 7) is 3.67. The van der Waals surface area contributed by atoms with Gasteiger partial charge in [-0.1, -0.05) is 12.7 Å². The number of rotatable bonds is 0. The maximum Gasteiger partial charge on any atom is 0.341 e. The maximum absolute atomic E-state index is 11.1. The molecule has 1 aliphatic heterocycles. The normalized spacial score (nSPS) is 16.0. The van der Waals surface area contributed by atoms with Gasteiger partial charge in [-0.2, -0.15) is 0 Å². The minimum atomic E-state index is -0.424. The van der Waals surface area contributed by atoms with Gasteiger partial charge in [0.15, 0.2) is 0 Å². The number of allylic oxidation sites excluding steroid dienone is 3. The highest BCUT2D eigenvalue weighted by molar-refractivity contribution is 9.11. The number of amides is 2. The molecule has 0 aromatic carbocycles. The largest absolute Gasteiger partial charge is 0.341 e. The van der Waals surface area contributed by atoms with Crippen molar-refractivity contribution < 1.29 is 4.79 Å². The van der Waals surface area contributed by atoms with E-state index in [1.165, 1.54) is 4.90 Å². The van der Waals surface area contributed by atoms with Crippen LogP contribution in [0.2, 0.25) is 0 Å². The van der Waals surface area contributed by atoms with Crippen LogP contribution in [0.3, 0.4) is 0 Å². The van der Waals surface area contributed by atoms with Crippen molar-refractivity contribution in [3.05, 3.63) is 35.1 Å². The van der Waals surface area contributed by atoms with Gasteiger partial charge in [-0.3, -0.25) is 10.3 Å². The molecule has 0 aromatic heterocycles. The summed E-state index contributed by atoms with van der Waals surface area (Å²) in [4.78, 5) is 12.4. The van der Waals surface area contributed by atoms with E-state index in [0.717, 1.165) is 0 Å². The lowest BCUT2D eigenvalue weighted by Gasteiger charge is -2.23. The van der Waals surface area contributed by atoms with Crippen LogP contribution in [0.25, 0.3) is 0 Å². The monoisotopic (exact) mass is 229 g/mol. The van der Waals surface area contributed by atoms with Gasteiger partial charge >= 0.3 is 6.03 Å². The SMILES string of the molecule is C=C1C=CC=C(Br)N1C(=O)NN.